The largest absolute Gasteiger partial charge is 0.493 e. The topological polar surface area (TPSA) is 81.4 Å². The summed E-state index contributed by atoms with van der Waals surface area (Å²) in [6.07, 6.45) is 0.671. The second kappa shape index (κ2) is 8.66. The van der Waals surface area contributed by atoms with Crippen molar-refractivity contribution < 1.29 is 19.0 Å². The number of nitrogens with zero attached hydrogens (tertiary/aromatic N) is 2. The molecule has 4 rings (SSSR count). The predicted octanol–water partition coefficient (Wildman–Crippen LogP) is 4.39. The van der Waals surface area contributed by atoms with Gasteiger partial charge in [-0.3, -0.25) is 4.79 Å². The van der Waals surface area contributed by atoms with Gasteiger partial charge in [0.2, 0.25) is 0 Å². The Morgan fingerprint density at radius 3 is 2.83 bits per heavy atom. The lowest BCUT2D eigenvalue weighted by atomic mass is 9.90. The third-order valence-corrected chi connectivity index (χ3v) is 6.04. The first-order valence-electron chi connectivity index (χ1n) is 9.46. The van der Waals surface area contributed by atoms with Crippen molar-refractivity contribution in [1.29, 1.82) is 5.26 Å². The molecular weight excluding hydrogens is 400 g/mol. The van der Waals surface area contributed by atoms with Crippen LogP contribution >= 0.6 is 11.3 Å². The molecule has 0 spiro atoms. The van der Waals surface area contributed by atoms with Gasteiger partial charge in [-0.05, 0) is 35.7 Å². The van der Waals surface area contributed by atoms with Crippen molar-refractivity contribution >= 4 is 17.1 Å². The molecule has 30 heavy (non-hydrogen) atoms. The fraction of sp³-hybridized carbons (Fsp3) is 0.261. The van der Waals surface area contributed by atoms with Crippen LogP contribution in [0.25, 0.3) is 11.3 Å². The van der Waals surface area contributed by atoms with Gasteiger partial charge in [0, 0.05) is 16.5 Å². The van der Waals surface area contributed by atoms with E-state index in [0.29, 0.717) is 47.4 Å². The molecule has 0 saturated carbocycles. The summed E-state index contributed by atoms with van der Waals surface area (Å²) in [7, 11) is 3.15. The molecule has 0 amide bonds. The molecule has 0 saturated heterocycles. The molecule has 7 heteroatoms. The van der Waals surface area contributed by atoms with E-state index in [0.717, 1.165) is 16.7 Å². The highest BCUT2D eigenvalue weighted by Gasteiger charge is 2.28. The Balaban J connectivity index is 1.65. The lowest BCUT2D eigenvalue weighted by molar-refractivity contribution is 0.0965. The molecule has 6 nitrogen and oxygen atoms in total. The number of aromatic nitrogens is 1. The third kappa shape index (κ3) is 3.67. The number of hydrogen-bond donors (Lipinski definition) is 0. The Morgan fingerprint density at radius 1 is 1.23 bits per heavy atom. The van der Waals surface area contributed by atoms with E-state index in [9.17, 15) is 10.1 Å². The molecule has 152 valence electrons. The zero-order valence-electron chi connectivity index (χ0n) is 16.7. The van der Waals surface area contributed by atoms with Crippen LogP contribution in [0.1, 0.15) is 32.4 Å². The van der Waals surface area contributed by atoms with Crippen LogP contribution in [0.2, 0.25) is 0 Å². The van der Waals surface area contributed by atoms with Gasteiger partial charge in [0.15, 0.2) is 23.2 Å². The maximum Gasteiger partial charge on any atom is 0.187 e. The van der Waals surface area contributed by atoms with Crippen molar-refractivity contribution in [3.05, 3.63) is 63.5 Å². The van der Waals surface area contributed by atoms with E-state index < -0.39 is 5.92 Å². The molecule has 1 aliphatic heterocycles. The molecule has 0 N–H and O–H groups in total. The summed E-state index contributed by atoms with van der Waals surface area (Å²) in [6.45, 7) is 1.07. The molecule has 0 radical (unpaired) electrons. The maximum absolute atomic E-state index is 13.2. The minimum Gasteiger partial charge on any atom is -0.493 e. The van der Waals surface area contributed by atoms with Gasteiger partial charge in [0.05, 0.1) is 39.2 Å². The number of hydrogen-bond acceptors (Lipinski definition) is 7. The monoisotopic (exact) mass is 420 g/mol. The molecule has 1 unspecified atom stereocenters. The van der Waals surface area contributed by atoms with E-state index in [1.807, 2.05) is 29.6 Å². The van der Waals surface area contributed by atoms with Crippen molar-refractivity contribution in [2.75, 3.05) is 20.8 Å². The van der Waals surface area contributed by atoms with Crippen LogP contribution in [0.5, 0.6) is 11.5 Å². The van der Waals surface area contributed by atoms with E-state index in [1.165, 1.54) is 11.3 Å². The Labute approximate surface area is 178 Å². The number of carbonyl (C=O) groups is 1. The lowest BCUT2D eigenvalue weighted by Gasteiger charge is -2.19. The van der Waals surface area contributed by atoms with E-state index in [1.54, 1.807) is 26.4 Å². The molecule has 0 fully saturated rings. The van der Waals surface area contributed by atoms with Crippen molar-refractivity contribution in [3.63, 3.8) is 0 Å². The van der Waals surface area contributed by atoms with Crippen LogP contribution in [0.4, 0.5) is 0 Å². The predicted molar refractivity (Wildman–Crippen MR) is 113 cm³/mol. The van der Waals surface area contributed by atoms with Crippen LogP contribution in [0, 0.1) is 11.3 Å². The average molecular weight is 420 g/mol. The average Bonchev–Trinajstić information content (AvgIpc) is 3.28. The summed E-state index contributed by atoms with van der Waals surface area (Å²) < 4.78 is 16.1. The molecule has 2 aromatic carbocycles. The number of rotatable bonds is 6. The zero-order chi connectivity index (χ0) is 21.1. The fourth-order valence-corrected chi connectivity index (χ4v) is 4.45. The molecule has 0 aliphatic carbocycles. The fourth-order valence-electron chi connectivity index (χ4n) is 3.58. The van der Waals surface area contributed by atoms with E-state index in [-0.39, 0.29) is 5.78 Å². The molecule has 3 aromatic rings. The number of methoxy groups -OCH3 is 2. The number of ether oxygens (including phenoxy) is 3. The van der Waals surface area contributed by atoms with E-state index in [4.69, 9.17) is 14.2 Å². The van der Waals surface area contributed by atoms with Crippen LogP contribution in [-0.4, -0.2) is 31.6 Å². The normalized spacial score (nSPS) is 13.8. The van der Waals surface area contributed by atoms with Crippen LogP contribution in [0.3, 0.4) is 0 Å². The summed E-state index contributed by atoms with van der Waals surface area (Å²) in [6, 6.07) is 13.2. The molecule has 1 aromatic heterocycles. The van der Waals surface area contributed by atoms with Gasteiger partial charge in [0.25, 0.3) is 0 Å². The van der Waals surface area contributed by atoms with Gasteiger partial charge >= 0.3 is 0 Å². The highest BCUT2D eigenvalue weighted by molar-refractivity contribution is 7.10. The van der Waals surface area contributed by atoms with Crippen LogP contribution in [-0.2, 0) is 17.8 Å². The van der Waals surface area contributed by atoms with Crippen LogP contribution in [0.15, 0.2) is 41.8 Å². The minimum atomic E-state index is -0.946. The van der Waals surface area contributed by atoms with Gasteiger partial charge in [0.1, 0.15) is 5.01 Å². The first-order valence-corrected chi connectivity index (χ1v) is 10.3. The number of benzene rings is 2. The SMILES string of the molecule is COc1ccc(-c2csc(C(C#N)C(=O)c3cccc4c3CCOC4)n2)cc1OC. The van der Waals surface area contributed by atoms with Gasteiger partial charge in [-0.2, -0.15) is 5.26 Å². The second-order valence-corrected chi connectivity index (χ2v) is 7.70. The summed E-state index contributed by atoms with van der Waals surface area (Å²) in [5.41, 5.74) is 4.09. The van der Waals surface area contributed by atoms with Crippen LogP contribution < -0.4 is 9.47 Å². The second-order valence-electron chi connectivity index (χ2n) is 6.81. The molecule has 1 atom stereocenters. The minimum absolute atomic E-state index is 0.218. The first-order chi connectivity index (χ1) is 14.7. The highest BCUT2D eigenvalue weighted by Crippen LogP contribution is 2.35. The summed E-state index contributed by atoms with van der Waals surface area (Å²) in [4.78, 5) is 17.8. The number of nitriles is 1. The Bertz CT molecular complexity index is 1130. The van der Waals surface area contributed by atoms with Crippen molar-refractivity contribution in [1.82, 2.24) is 4.98 Å². The number of fused-ring (bicyclic) bond motifs is 1. The van der Waals surface area contributed by atoms with Gasteiger partial charge < -0.3 is 14.2 Å². The Morgan fingerprint density at radius 2 is 2.07 bits per heavy atom. The summed E-state index contributed by atoms with van der Waals surface area (Å²) >= 11 is 1.31. The quantitative estimate of drug-likeness (QED) is 0.550. The van der Waals surface area contributed by atoms with Gasteiger partial charge in [-0.25, -0.2) is 4.98 Å². The van der Waals surface area contributed by atoms with Crippen molar-refractivity contribution in [2.45, 2.75) is 18.9 Å². The lowest BCUT2D eigenvalue weighted by Crippen LogP contribution is -2.18. The Hall–Kier alpha value is -3.21. The molecule has 1 aliphatic rings. The number of thiazole rings is 1. The van der Waals surface area contributed by atoms with Crippen molar-refractivity contribution in [2.24, 2.45) is 0 Å². The number of Topliss-reactive ketones (excluding diaryl/α,β-unsaturated/α-hetero) is 1. The van der Waals surface area contributed by atoms with E-state index in [2.05, 4.69) is 11.1 Å². The smallest absolute Gasteiger partial charge is 0.187 e. The molecular formula is C23H20N2O4S. The van der Waals surface area contributed by atoms with Gasteiger partial charge in [-0.15, -0.1) is 11.3 Å². The summed E-state index contributed by atoms with van der Waals surface area (Å²) in [5, 5.41) is 12.1. The molecule has 0 bridgehead atoms. The summed E-state index contributed by atoms with van der Waals surface area (Å²) in [5.74, 6) is 0.0536. The third-order valence-electron chi connectivity index (χ3n) is 5.13. The first kappa shape index (κ1) is 20.1. The zero-order valence-corrected chi connectivity index (χ0v) is 17.5. The highest BCUT2D eigenvalue weighted by atomic mass is 32.1. The number of carbonyl (C=O) groups excluding carboxylic acids is 1. The van der Waals surface area contributed by atoms with Gasteiger partial charge in [-0.1, -0.05) is 18.2 Å². The Kier molecular flexibility index (Phi) is 5.79. The molecule has 2 heterocycles. The standard InChI is InChI=1S/C23H20N2O4S/c1-27-20-7-6-14(10-21(20)28-2)19-13-30-23(25-19)18(11-24)22(26)17-5-3-4-15-12-29-9-8-16(15)17/h3-7,10,13,18H,8-9,12H2,1-2H3. The maximum atomic E-state index is 13.2. The van der Waals surface area contributed by atoms with Crippen molar-refractivity contribution in [3.8, 4) is 28.8 Å². The van der Waals surface area contributed by atoms with E-state index >= 15 is 0 Å². The number of ketones is 1.